The summed E-state index contributed by atoms with van der Waals surface area (Å²) in [6.45, 7) is 5.99. The Morgan fingerprint density at radius 1 is 1.09 bits per heavy atom. The zero-order valence-electron chi connectivity index (χ0n) is 19.7. The van der Waals surface area contributed by atoms with E-state index in [2.05, 4.69) is 22.2 Å². The number of cyclic esters (lactones) is 1. The lowest BCUT2D eigenvalue weighted by Gasteiger charge is -2.27. The number of esters is 1. The third kappa shape index (κ3) is 3.66. The molecule has 34 heavy (non-hydrogen) atoms. The van der Waals surface area contributed by atoms with Gasteiger partial charge in [0, 0.05) is 23.9 Å². The second-order valence-electron chi connectivity index (χ2n) is 10.1. The Kier molecular flexibility index (Phi) is 4.78. The van der Waals surface area contributed by atoms with E-state index in [1.54, 1.807) is 18.3 Å². The molecule has 2 saturated carbocycles. The first-order valence-corrected chi connectivity index (χ1v) is 12.0. The standard InChI is InChI=1S/C26H29N5O3/c1-13-14(2)33-25(32)17-8-9-21(31-23(13)17)30-22-10-18-19(11-28-22)24(34-16-6-7-16)29-12-20(18)26(3,27)15-4-5-15/h8-16H,4-7,27H2,1-3H3,(H,28,30,31)/t13-,14+,26?/m0/s1. The molecule has 0 amide bonds. The number of anilines is 2. The number of nitrogens with one attached hydrogen (secondary N) is 1. The molecule has 8 heteroatoms. The molecule has 0 bridgehead atoms. The smallest absolute Gasteiger partial charge is 0.340 e. The van der Waals surface area contributed by atoms with Gasteiger partial charge in [-0.3, -0.25) is 0 Å². The van der Waals surface area contributed by atoms with Gasteiger partial charge < -0.3 is 20.5 Å². The van der Waals surface area contributed by atoms with Crippen molar-refractivity contribution < 1.29 is 14.3 Å². The molecule has 3 N–H and O–H groups in total. The van der Waals surface area contributed by atoms with Crippen LogP contribution in [0.2, 0.25) is 0 Å². The van der Waals surface area contributed by atoms with Gasteiger partial charge in [-0.2, -0.15) is 0 Å². The fourth-order valence-electron chi connectivity index (χ4n) is 4.70. The summed E-state index contributed by atoms with van der Waals surface area (Å²) in [7, 11) is 0. The van der Waals surface area contributed by atoms with Crippen LogP contribution in [0.1, 0.15) is 74.0 Å². The summed E-state index contributed by atoms with van der Waals surface area (Å²) in [5, 5.41) is 5.18. The highest BCUT2D eigenvalue weighted by Gasteiger charge is 2.41. The number of hydrogen-bond donors (Lipinski definition) is 2. The quantitative estimate of drug-likeness (QED) is 0.516. The van der Waals surface area contributed by atoms with Crippen molar-refractivity contribution in [2.75, 3.05) is 5.32 Å². The monoisotopic (exact) mass is 459 g/mol. The van der Waals surface area contributed by atoms with Gasteiger partial charge in [-0.25, -0.2) is 19.7 Å². The zero-order valence-corrected chi connectivity index (χ0v) is 19.7. The lowest BCUT2D eigenvalue weighted by Crippen LogP contribution is -2.35. The largest absolute Gasteiger partial charge is 0.474 e. The lowest BCUT2D eigenvalue weighted by atomic mass is 9.86. The molecule has 0 saturated heterocycles. The van der Waals surface area contributed by atoms with E-state index in [0.717, 1.165) is 47.7 Å². The van der Waals surface area contributed by atoms with Gasteiger partial charge in [-0.05, 0) is 74.6 Å². The van der Waals surface area contributed by atoms with Gasteiger partial charge in [-0.1, -0.05) is 6.92 Å². The van der Waals surface area contributed by atoms with E-state index in [9.17, 15) is 4.79 Å². The second-order valence-corrected chi connectivity index (χ2v) is 10.1. The van der Waals surface area contributed by atoms with E-state index < -0.39 is 5.54 Å². The van der Waals surface area contributed by atoms with Crippen LogP contribution < -0.4 is 15.8 Å². The van der Waals surface area contributed by atoms with E-state index in [0.29, 0.717) is 29.0 Å². The Morgan fingerprint density at radius 2 is 1.88 bits per heavy atom. The highest BCUT2D eigenvalue weighted by atomic mass is 16.5. The van der Waals surface area contributed by atoms with Crippen molar-refractivity contribution in [2.45, 2.75) is 70.1 Å². The number of nitrogens with zero attached hydrogens (tertiary/aromatic N) is 3. The summed E-state index contributed by atoms with van der Waals surface area (Å²) < 4.78 is 11.5. The maximum atomic E-state index is 12.2. The molecule has 0 spiro atoms. The van der Waals surface area contributed by atoms with E-state index in [1.807, 2.05) is 26.1 Å². The van der Waals surface area contributed by atoms with E-state index in [-0.39, 0.29) is 24.1 Å². The molecule has 0 aromatic carbocycles. The predicted octanol–water partition coefficient (Wildman–Crippen LogP) is 4.56. The third-order valence-electron chi connectivity index (χ3n) is 7.37. The van der Waals surface area contributed by atoms with E-state index in [1.165, 1.54) is 0 Å². The zero-order chi connectivity index (χ0) is 23.6. The fraction of sp³-hybridized carbons (Fsp3) is 0.462. The number of aromatic nitrogens is 3. The van der Waals surface area contributed by atoms with E-state index >= 15 is 0 Å². The van der Waals surface area contributed by atoms with Crippen molar-refractivity contribution in [3.8, 4) is 5.88 Å². The van der Waals surface area contributed by atoms with Crippen molar-refractivity contribution in [3.05, 3.63) is 47.4 Å². The van der Waals surface area contributed by atoms with Crippen LogP contribution in [0.15, 0.2) is 30.6 Å². The fourth-order valence-corrected chi connectivity index (χ4v) is 4.70. The van der Waals surface area contributed by atoms with Crippen molar-refractivity contribution in [3.63, 3.8) is 0 Å². The maximum Gasteiger partial charge on any atom is 0.340 e. The SMILES string of the molecule is C[C@@H]1c2nc(Nc3cc4c(C(C)(N)C5CC5)cnc(OC5CC5)c4cn3)ccc2C(=O)O[C@@H]1C. The van der Waals surface area contributed by atoms with Gasteiger partial charge in [-0.15, -0.1) is 0 Å². The Balaban J connectivity index is 1.39. The van der Waals surface area contributed by atoms with Crippen LogP contribution in [0, 0.1) is 5.92 Å². The number of carbonyl (C=O) groups is 1. The summed E-state index contributed by atoms with van der Waals surface area (Å²) in [5.41, 5.74) is 8.60. The van der Waals surface area contributed by atoms with Crippen molar-refractivity contribution in [1.82, 2.24) is 15.0 Å². The number of nitrogens with two attached hydrogens (primary N) is 1. The second kappa shape index (κ2) is 7.63. The molecular weight excluding hydrogens is 430 g/mol. The minimum atomic E-state index is -0.474. The maximum absolute atomic E-state index is 12.2. The van der Waals surface area contributed by atoms with Crippen LogP contribution in [0.4, 0.5) is 11.6 Å². The summed E-state index contributed by atoms with van der Waals surface area (Å²) in [6.07, 6.45) is 8.07. The molecule has 1 unspecified atom stereocenters. The van der Waals surface area contributed by atoms with Crippen molar-refractivity contribution in [2.24, 2.45) is 11.7 Å². The molecule has 3 atom stereocenters. The van der Waals surface area contributed by atoms with Crippen LogP contribution in [-0.4, -0.2) is 33.1 Å². The molecule has 1 aliphatic heterocycles. The van der Waals surface area contributed by atoms with Crippen LogP contribution in [0.5, 0.6) is 5.88 Å². The molecule has 3 aliphatic rings. The minimum absolute atomic E-state index is 0.00955. The molecule has 3 aromatic heterocycles. The number of carbonyl (C=O) groups excluding carboxylic acids is 1. The van der Waals surface area contributed by atoms with Crippen molar-refractivity contribution >= 4 is 28.4 Å². The van der Waals surface area contributed by atoms with Gasteiger partial charge in [0.25, 0.3) is 0 Å². The number of fused-ring (bicyclic) bond motifs is 2. The van der Waals surface area contributed by atoms with E-state index in [4.69, 9.17) is 20.2 Å². The van der Waals surface area contributed by atoms with Crippen molar-refractivity contribution in [1.29, 1.82) is 0 Å². The third-order valence-corrected chi connectivity index (χ3v) is 7.37. The first-order valence-electron chi connectivity index (χ1n) is 12.0. The van der Waals surface area contributed by atoms with Crippen LogP contribution in [0.25, 0.3) is 10.8 Å². The van der Waals surface area contributed by atoms with Crippen LogP contribution >= 0.6 is 0 Å². The topological polar surface area (TPSA) is 112 Å². The molecule has 6 rings (SSSR count). The van der Waals surface area contributed by atoms with Gasteiger partial charge in [0.2, 0.25) is 5.88 Å². The summed E-state index contributed by atoms with van der Waals surface area (Å²) in [6, 6.07) is 5.54. The molecule has 2 aliphatic carbocycles. The van der Waals surface area contributed by atoms with Crippen LogP contribution in [-0.2, 0) is 10.3 Å². The first kappa shape index (κ1) is 21.3. The summed E-state index contributed by atoms with van der Waals surface area (Å²) in [5.74, 6) is 2.02. The molecule has 8 nitrogen and oxygen atoms in total. The summed E-state index contributed by atoms with van der Waals surface area (Å²) in [4.78, 5) is 26.2. The summed E-state index contributed by atoms with van der Waals surface area (Å²) >= 11 is 0. The number of rotatable bonds is 6. The number of ether oxygens (including phenoxy) is 2. The Morgan fingerprint density at radius 3 is 2.62 bits per heavy atom. The van der Waals surface area contributed by atoms with Gasteiger partial charge in [0.1, 0.15) is 23.8 Å². The van der Waals surface area contributed by atoms with Gasteiger partial charge in [0.05, 0.1) is 16.6 Å². The Labute approximate surface area is 198 Å². The normalized spacial score (nSPS) is 23.7. The highest BCUT2D eigenvalue weighted by Crippen LogP contribution is 2.46. The molecular formula is C26H29N5O3. The average Bonchev–Trinajstić information content (AvgIpc) is 3.71. The van der Waals surface area contributed by atoms with Gasteiger partial charge in [0.15, 0.2) is 0 Å². The minimum Gasteiger partial charge on any atom is -0.474 e. The number of pyridine rings is 3. The van der Waals surface area contributed by atoms with Gasteiger partial charge >= 0.3 is 5.97 Å². The molecule has 2 fully saturated rings. The lowest BCUT2D eigenvalue weighted by molar-refractivity contribution is 0.0235. The highest BCUT2D eigenvalue weighted by molar-refractivity contribution is 5.93. The molecule has 176 valence electrons. The molecule has 3 aromatic rings. The first-order chi connectivity index (χ1) is 16.3. The Bertz CT molecular complexity index is 1300. The number of hydrogen-bond acceptors (Lipinski definition) is 8. The predicted molar refractivity (Wildman–Crippen MR) is 128 cm³/mol. The molecule has 0 radical (unpaired) electrons. The Hall–Kier alpha value is -3.26. The average molecular weight is 460 g/mol. The van der Waals surface area contributed by atoms with Crippen LogP contribution in [0.3, 0.4) is 0 Å². The molecule has 4 heterocycles.